The molecule has 2 nitrogen and oxygen atoms in total. The maximum absolute atomic E-state index is 9.77. The second kappa shape index (κ2) is 6.67. The van der Waals surface area contributed by atoms with Crippen LogP contribution in [0.4, 0.5) is 0 Å². The highest BCUT2D eigenvalue weighted by Crippen LogP contribution is 2.47. The number of alkyl halides is 3. The molecule has 0 aliphatic rings. The summed E-state index contributed by atoms with van der Waals surface area (Å²) in [6.07, 6.45) is 1.47. The SMILES string of the molecule is CC(C)CCP(O)(=S)OCC(Br)(Br)Br. The van der Waals surface area contributed by atoms with Crippen molar-refractivity contribution in [1.29, 1.82) is 0 Å². The molecule has 0 aliphatic heterocycles. The third-order valence-electron chi connectivity index (χ3n) is 1.42. The van der Waals surface area contributed by atoms with Crippen molar-refractivity contribution in [1.82, 2.24) is 0 Å². The van der Waals surface area contributed by atoms with Crippen molar-refractivity contribution in [3.8, 4) is 0 Å². The van der Waals surface area contributed by atoms with Gasteiger partial charge in [0, 0.05) is 6.16 Å². The maximum atomic E-state index is 9.77. The van der Waals surface area contributed by atoms with Gasteiger partial charge in [0.2, 0.25) is 0 Å². The molecule has 0 heterocycles. The first-order valence-corrected chi connectivity index (χ1v) is 9.39. The molecule has 1 unspecified atom stereocenters. The first-order chi connectivity index (χ1) is 6.12. The van der Waals surface area contributed by atoms with E-state index in [1.165, 1.54) is 0 Å². The number of hydrogen-bond acceptors (Lipinski definition) is 2. The van der Waals surface area contributed by atoms with Crippen molar-refractivity contribution >= 4 is 66.1 Å². The van der Waals surface area contributed by atoms with Gasteiger partial charge in [-0.2, -0.15) is 0 Å². The molecule has 0 aromatic heterocycles. The fourth-order valence-corrected chi connectivity index (χ4v) is 3.38. The summed E-state index contributed by atoms with van der Waals surface area (Å²) >= 11 is 14.9. The van der Waals surface area contributed by atoms with E-state index in [0.29, 0.717) is 18.7 Å². The molecule has 1 N–H and O–H groups in total. The summed E-state index contributed by atoms with van der Waals surface area (Å²) in [5, 5.41) is 0. The lowest BCUT2D eigenvalue weighted by Crippen LogP contribution is -2.10. The van der Waals surface area contributed by atoms with E-state index in [2.05, 4.69) is 61.6 Å². The highest BCUT2D eigenvalue weighted by molar-refractivity contribution is 9.39. The Morgan fingerprint density at radius 2 is 1.93 bits per heavy atom. The molecule has 0 rings (SSSR count). The third kappa shape index (κ3) is 10.5. The Morgan fingerprint density at radius 3 is 2.29 bits per heavy atom. The highest BCUT2D eigenvalue weighted by Gasteiger charge is 2.23. The second-order valence-corrected chi connectivity index (χ2v) is 14.4. The molecule has 0 bridgehead atoms. The van der Waals surface area contributed by atoms with Crippen LogP contribution in [0.25, 0.3) is 0 Å². The van der Waals surface area contributed by atoms with E-state index in [4.69, 9.17) is 16.3 Å². The molecule has 0 saturated carbocycles. The zero-order chi connectivity index (χ0) is 11.4. The Hall–Kier alpha value is 2.01. The Kier molecular flexibility index (Phi) is 7.63. The van der Waals surface area contributed by atoms with Gasteiger partial charge in [-0.3, -0.25) is 0 Å². The fraction of sp³-hybridized carbons (Fsp3) is 1.00. The van der Waals surface area contributed by atoms with E-state index in [0.717, 1.165) is 6.42 Å². The van der Waals surface area contributed by atoms with Crippen LogP contribution >= 0.6 is 54.3 Å². The van der Waals surface area contributed by atoms with E-state index >= 15 is 0 Å². The molecule has 14 heavy (non-hydrogen) atoms. The quantitative estimate of drug-likeness (QED) is 0.522. The molecule has 0 aliphatic carbocycles. The van der Waals surface area contributed by atoms with E-state index in [1.807, 2.05) is 0 Å². The summed E-state index contributed by atoms with van der Waals surface area (Å²) in [6.45, 7) is 1.88. The normalized spacial score (nSPS) is 17.1. The Balaban J connectivity index is 3.90. The van der Waals surface area contributed by atoms with Crippen molar-refractivity contribution in [3.05, 3.63) is 0 Å². The van der Waals surface area contributed by atoms with E-state index < -0.39 is 8.63 Å². The lowest BCUT2D eigenvalue weighted by molar-refractivity contribution is 0.320. The third-order valence-corrected chi connectivity index (χ3v) is 4.33. The first-order valence-electron chi connectivity index (χ1n) is 4.15. The number of hydrogen-bond donors (Lipinski definition) is 1. The topological polar surface area (TPSA) is 29.5 Å². The summed E-state index contributed by atoms with van der Waals surface area (Å²) in [4.78, 5) is 9.77. The Labute approximate surface area is 116 Å². The zero-order valence-corrected chi connectivity index (χ0v) is 14.5. The van der Waals surface area contributed by atoms with Gasteiger partial charge in [-0.1, -0.05) is 61.6 Å². The molecule has 0 saturated heterocycles. The monoisotopic (exact) mass is 430 g/mol. The Morgan fingerprint density at radius 1 is 1.43 bits per heavy atom. The zero-order valence-electron chi connectivity index (χ0n) is 8.04. The van der Waals surface area contributed by atoms with Crippen LogP contribution in [-0.2, 0) is 16.3 Å². The van der Waals surface area contributed by atoms with Gasteiger partial charge in [0.15, 0.2) is 8.63 Å². The Bertz CT molecular complexity index is 217. The van der Waals surface area contributed by atoms with Crippen molar-refractivity contribution in [2.75, 3.05) is 12.8 Å². The molecule has 0 fully saturated rings. The van der Waals surface area contributed by atoms with E-state index in [-0.39, 0.29) is 0 Å². The minimum Gasteiger partial charge on any atom is -0.345 e. The minimum atomic E-state index is -2.60. The van der Waals surface area contributed by atoms with Gasteiger partial charge in [-0.05, 0) is 24.1 Å². The number of rotatable bonds is 5. The van der Waals surface area contributed by atoms with Crippen LogP contribution < -0.4 is 0 Å². The van der Waals surface area contributed by atoms with Crippen molar-refractivity contribution in [3.63, 3.8) is 0 Å². The van der Waals surface area contributed by atoms with Gasteiger partial charge in [0.1, 0.15) is 0 Å². The lowest BCUT2D eigenvalue weighted by atomic mass is 10.2. The molecule has 0 radical (unpaired) electrons. The smallest absolute Gasteiger partial charge is 0.186 e. The lowest BCUT2D eigenvalue weighted by Gasteiger charge is -2.20. The molecule has 0 spiro atoms. The summed E-state index contributed by atoms with van der Waals surface area (Å²) in [5.74, 6) is 0.537. The summed E-state index contributed by atoms with van der Waals surface area (Å²) in [5.41, 5.74) is 0. The van der Waals surface area contributed by atoms with Gasteiger partial charge >= 0.3 is 0 Å². The van der Waals surface area contributed by atoms with Crippen LogP contribution in [0.5, 0.6) is 0 Å². The highest BCUT2D eigenvalue weighted by atomic mass is 80.0. The van der Waals surface area contributed by atoms with Crippen molar-refractivity contribution < 1.29 is 9.42 Å². The largest absolute Gasteiger partial charge is 0.345 e. The van der Waals surface area contributed by atoms with Gasteiger partial charge in [0.25, 0.3) is 0 Å². The predicted molar refractivity (Wildman–Crippen MR) is 76.3 cm³/mol. The molecule has 0 amide bonds. The molecular formula is C7H14Br3O2PS. The molecule has 0 aromatic rings. The van der Waals surface area contributed by atoms with Crippen molar-refractivity contribution in [2.24, 2.45) is 5.92 Å². The molecular weight excluding hydrogens is 419 g/mol. The van der Waals surface area contributed by atoms with Crippen LogP contribution in [0, 0.1) is 5.92 Å². The van der Waals surface area contributed by atoms with Gasteiger partial charge in [-0.15, -0.1) is 0 Å². The van der Waals surface area contributed by atoms with Crippen LogP contribution in [0.1, 0.15) is 20.3 Å². The van der Waals surface area contributed by atoms with Crippen LogP contribution in [-0.4, -0.2) is 19.8 Å². The van der Waals surface area contributed by atoms with Gasteiger partial charge < -0.3 is 9.42 Å². The minimum absolute atomic E-state index is 0.291. The summed E-state index contributed by atoms with van der Waals surface area (Å²) in [6, 6.07) is 0. The molecule has 0 aromatic carbocycles. The van der Waals surface area contributed by atoms with Crippen LogP contribution in [0.15, 0.2) is 0 Å². The van der Waals surface area contributed by atoms with E-state index in [1.54, 1.807) is 0 Å². The van der Waals surface area contributed by atoms with Crippen molar-refractivity contribution in [2.45, 2.75) is 22.4 Å². The molecule has 1 atom stereocenters. The summed E-state index contributed by atoms with van der Waals surface area (Å²) in [7, 11) is 0. The first kappa shape index (κ1) is 16.0. The molecule has 86 valence electrons. The average Bonchev–Trinajstić information content (AvgIpc) is 1.97. The van der Waals surface area contributed by atoms with Gasteiger partial charge in [-0.25, -0.2) is 0 Å². The summed E-state index contributed by atoms with van der Waals surface area (Å²) < 4.78 is 4.80. The molecule has 7 heteroatoms. The maximum Gasteiger partial charge on any atom is 0.186 e. The standard InChI is InChI=1S/C7H14Br3O2PS/c1-6(2)3-4-13(11,14)12-5-7(8,9)10/h6H,3-5H2,1-2H3,(H,11,14). The fourth-order valence-electron chi connectivity index (χ4n) is 0.660. The van der Waals surface area contributed by atoms with Crippen LogP contribution in [0.3, 0.4) is 0 Å². The van der Waals surface area contributed by atoms with E-state index in [9.17, 15) is 4.89 Å². The van der Waals surface area contributed by atoms with Crippen LogP contribution in [0.2, 0.25) is 0 Å². The van der Waals surface area contributed by atoms with Gasteiger partial charge in [0.05, 0.1) is 6.61 Å². The second-order valence-electron chi connectivity index (χ2n) is 3.43. The predicted octanol–water partition coefficient (Wildman–Crippen LogP) is 4.19. The average molecular weight is 433 g/mol. The number of halogens is 3.